The van der Waals surface area contributed by atoms with E-state index < -0.39 is 20.6 Å². The molecular formula is C12H15ClO4S. The predicted octanol–water partition coefficient (Wildman–Crippen LogP) is 2.71. The molecule has 0 amide bonds. The fraction of sp³-hybridized carbons (Fsp3) is 0.417. The summed E-state index contributed by atoms with van der Waals surface area (Å²) in [4.78, 5) is 11.7. The van der Waals surface area contributed by atoms with E-state index in [4.69, 9.17) is 15.4 Å². The lowest BCUT2D eigenvalue weighted by Gasteiger charge is -2.19. The summed E-state index contributed by atoms with van der Waals surface area (Å²) in [5.74, 6) is -0.703. The van der Waals surface area contributed by atoms with Crippen molar-refractivity contribution in [2.24, 2.45) is 0 Å². The van der Waals surface area contributed by atoms with Crippen LogP contribution in [0.15, 0.2) is 24.3 Å². The van der Waals surface area contributed by atoms with Crippen LogP contribution in [0.4, 0.5) is 0 Å². The first-order chi connectivity index (χ1) is 8.07. The number of rotatable bonds is 3. The maximum Gasteiger partial charge on any atom is 0.338 e. The number of hydrogen-bond acceptors (Lipinski definition) is 4. The van der Waals surface area contributed by atoms with Gasteiger partial charge in [0.25, 0.3) is 0 Å². The standard InChI is InChI=1S/C12H15ClO4S/c1-12(2,3)17-11(14)10-6-4-9(5-7-10)8-18(13,15)16/h4-7H,8H2,1-3H3. The molecule has 1 rings (SSSR count). The molecule has 1 aromatic carbocycles. The molecule has 0 aromatic heterocycles. The molecule has 0 fully saturated rings. The lowest BCUT2D eigenvalue weighted by molar-refractivity contribution is 0.00695. The minimum absolute atomic E-state index is 0.261. The molecule has 18 heavy (non-hydrogen) atoms. The van der Waals surface area contributed by atoms with Gasteiger partial charge >= 0.3 is 5.97 Å². The molecule has 100 valence electrons. The van der Waals surface area contributed by atoms with Crippen molar-refractivity contribution in [1.29, 1.82) is 0 Å². The number of esters is 1. The Morgan fingerprint density at radius 2 is 1.72 bits per heavy atom. The molecule has 6 heteroatoms. The van der Waals surface area contributed by atoms with E-state index in [2.05, 4.69) is 0 Å². The summed E-state index contributed by atoms with van der Waals surface area (Å²) in [6.07, 6.45) is 0. The maximum absolute atomic E-state index is 11.7. The first kappa shape index (κ1) is 15.0. The Hall–Kier alpha value is -1.07. The largest absolute Gasteiger partial charge is 0.456 e. The molecule has 0 radical (unpaired) electrons. The molecule has 0 heterocycles. The molecule has 0 unspecified atom stereocenters. The first-order valence-electron chi connectivity index (χ1n) is 5.31. The fourth-order valence-corrected chi connectivity index (χ4v) is 2.24. The Balaban J connectivity index is 2.80. The Morgan fingerprint density at radius 3 is 2.11 bits per heavy atom. The molecule has 0 aliphatic rings. The highest BCUT2D eigenvalue weighted by atomic mass is 35.7. The molecule has 0 saturated carbocycles. The van der Waals surface area contributed by atoms with Gasteiger partial charge in [-0.1, -0.05) is 12.1 Å². The predicted molar refractivity (Wildman–Crippen MR) is 70.1 cm³/mol. The molecule has 0 bridgehead atoms. The minimum atomic E-state index is -3.58. The van der Waals surface area contributed by atoms with Crippen molar-refractivity contribution in [3.63, 3.8) is 0 Å². The number of halogens is 1. The van der Waals surface area contributed by atoms with Crippen molar-refractivity contribution in [2.45, 2.75) is 32.1 Å². The van der Waals surface area contributed by atoms with E-state index in [9.17, 15) is 13.2 Å². The van der Waals surface area contributed by atoms with Gasteiger partial charge in [-0.3, -0.25) is 0 Å². The highest BCUT2D eigenvalue weighted by Gasteiger charge is 2.17. The van der Waals surface area contributed by atoms with Gasteiger partial charge in [-0.05, 0) is 38.5 Å². The van der Waals surface area contributed by atoms with Gasteiger partial charge < -0.3 is 4.74 Å². The molecule has 0 aliphatic heterocycles. The van der Waals surface area contributed by atoms with Crippen LogP contribution in [0.1, 0.15) is 36.7 Å². The minimum Gasteiger partial charge on any atom is -0.456 e. The zero-order chi connectivity index (χ0) is 14.0. The normalized spacial score (nSPS) is 12.2. The lowest BCUT2D eigenvalue weighted by Crippen LogP contribution is -2.23. The van der Waals surface area contributed by atoms with Crippen LogP contribution < -0.4 is 0 Å². The van der Waals surface area contributed by atoms with Gasteiger partial charge in [-0.25, -0.2) is 13.2 Å². The number of hydrogen-bond donors (Lipinski definition) is 0. The van der Waals surface area contributed by atoms with Crippen molar-refractivity contribution in [1.82, 2.24) is 0 Å². The quantitative estimate of drug-likeness (QED) is 0.634. The zero-order valence-electron chi connectivity index (χ0n) is 10.4. The number of ether oxygens (including phenoxy) is 1. The summed E-state index contributed by atoms with van der Waals surface area (Å²) in [5.41, 5.74) is 0.341. The van der Waals surface area contributed by atoms with Crippen molar-refractivity contribution >= 4 is 25.7 Å². The van der Waals surface area contributed by atoms with Crippen LogP contribution in [0.3, 0.4) is 0 Å². The summed E-state index contributed by atoms with van der Waals surface area (Å²) >= 11 is 0. The van der Waals surface area contributed by atoms with Crippen LogP contribution in [-0.2, 0) is 19.5 Å². The molecule has 0 atom stereocenters. The van der Waals surface area contributed by atoms with Gasteiger partial charge in [0, 0.05) is 10.7 Å². The second-order valence-corrected chi connectivity index (χ2v) is 7.66. The van der Waals surface area contributed by atoms with Crippen LogP contribution in [-0.4, -0.2) is 20.0 Å². The van der Waals surface area contributed by atoms with E-state index in [1.165, 1.54) is 12.1 Å². The van der Waals surface area contributed by atoms with E-state index in [1.54, 1.807) is 32.9 Å². The average molecular weight is 291 g/mol. The van der Waals surface area contributed by atoms with Crippen molar-refractivity contribution in [2.75, 3.05) is 0 Å². The molecule has 0 saturated heterocycles. The molecule has 4 nitrogen and oxygen atoms in total. The number of carbonyl (C=O) groups is 1. The second kappa shape index (κ2) is 5.28. The summed E-state index contributed by atoms with van der Waals surface area (Å²) in [6, 6.07) is 6.12. The molecule has 1 aromatic rings. The monoisotopic (exact) mass is 290 g/mol. The molecule has 0 aliphatic carbocycles. The number of benzene rings is 1. The fourth-order valence-electron chi connectivity index (χ4n) is 1.27. The third-order valence-corrected chi connectivity index (χ3v) is 2.93. The Bertz CT molecular complexity index is 526. The third kappa shape index (κ3) is 5.51. The van der Waals surface area contributed by atoms with E-state index in [-0.39, 0.29) is 5.75 Å². The van der Waals surface area contributed by atoms with Crippen LogP contribution in [0.25, 0.3) is 0 Å². The van der Waals surface area contributed by atoms with Crippen molar-refractivity contribution in [3.8, 4) is 0 Å². The summed E-state index contributed by atoms with van der Waals surface area (Å²) in [5, 5.41) is 0. The van der Waals surface area contributed by atoms with E-state index >= 15 is 0 Å². The van der Waals surface area contributed by atoms with Gasteiger partial charge in [0.2, 0.25) is 9.05 Å². The van der Waals surface area contributed by atoms with Crippen LogP contribution >= 0.6 is 10.7 Å². The molecular weight excluding hydrogens is 276 g/mol. The Kier molecular flexibility index (Phi) is 4.40. The zero-order valence-corrected chi connectivity index (χ0v) is 12.0. The van der Waals surface area contributed by atoms with Crippen LogP contribution in [0.5, 0.6) is 0 Å². The van der Waals surface area contributed by atoms with Crippen LogP contribution in [0, 0.1) is 0 Å². The molecule has 0 spiro atoms. The van der Waals surface area contributed by atoms with Gasteiger partial charge in [0.1, 0.15) is 5.60 Å². The van der Waals surface area contributed by atoms with Crippen molar-refractivity contribution in [3.05, 3.63) is 35.4 Å². The van der Waals surface area contributed by atoms with E-state index in [0.717, 1.165) is 0 Å². The maximum atomic E-state index is 11.7. The van der Waals surface area contributed by atoms with E-state index in [0.29, 0.717) is 11.1 Å². The highest BCUT2D eigenvalue weighted by Crippen LogP contribution is 2.14. The van der Waals surface area contributed by atoms with E-state index in [1.807, 2.05) is 0 Å². The third-order valence-electron chi connectivity index (χ3n) is 1.93. The summed E-state index contributed by atoms with van der Waals surface area (Å²) in [6.45, 7) is 5.33. The van der Waals surface area contributed by atoms with Gasteiger partial charge in [-0.15, -0.1) is 0 Å². The second-order valence-electron chi connectivity index (χ2n) is 4.88. The summed E-state index contributed by atoms with van der Waals surface area (Å²) in [7, 11) is 1.55. The number of carbonyl (C=O) groups excluding carboxylic acids is 1. The Morgan fingerprint density at radius 1 is 1.22 bits per heavy atom. The highest BCUT2D eigenvalue weighted by molar-refractivity contribution is 8.13. The lowest BCUT2D eigenvalue weighted by atomic mass is 10.1. The van der Waals surface area contributed by atoms with Gasteiger partial charge in [-0.2, -0.15) is 0 Å². The van der Waals surface area contributed by atoms with Crippen molar-refractivity contribution < 1.29 is 17.9 Å². The topological polar surface area (TPSA) is 60.4 Å². The van der Waals surface area contributed by atoms with Gasteiger partial charge in [0.15, 0.2) is 0 Å². The average Bonchev–Trinajstić information content (AvgIpc) is 2.13. The smallest absolute Gasteiger partial charge is 0.338 e. The first-order valence-corrected chi connectivity index (χ1v) is 7.79. The van der Waals surface area contributed by atoms with Gasteiger partial charge in [0.05, 0.1) is 11.3 Å². The Labute approximate surface area is 111 Å². The van der Waals surface area contributed by atoms with Crippen LogP contribution in [0.2, 0.25) is 0 Å². The SMILES string of the molecule is CC(C)(C)OC(=O)c1ccc(CS(=O)(=O)Cl)cc1. The molecule has 0 N–H and O–H groups in total. The summed E-state index contributed by atoms with van der Waals surface area (Å²) < 4.78 is 26.9.